The van der Waals surface area contributed by atoms with E-state index in [1.165, 1.54) is 11.1 Å². The van der Waals surface area contributed by atoms with Crippen LogP contribution >= 0.6 is 0 Å². The average molecular weight is 408 g/mol. The molecule has 29 heavy (non-hydrogen) atoms. The smallest absolute Gasteiger partial charge is 0.341 e. The molecule has 2 aromatic rings. The van der Waals surface area contributed by atoms with Crippen LogP contribution in [-0.4, -0.2) is 52.2 Å². The van der Waals surface area contributed by atoms with Crippen LogP contribution in [0.4, 0.5) is 19.0 Å². The Morgan fingerprint density at radius 2 is 2.07 bits per heavy atom. The summed E-state index contributed by atoms with van der Waals surface area (Å²) in [5.74, 6) is -6.05. The molecule has 2 aromatic heterocycles. The number of carbonyl (C=O) groups is 1. The van der Waals surface area contributed by atoms with Gasteiger partial charge in [0.05, 0.1) is 11.3 Å². The number of halogens is 3. The van der Waals surface area contributed by atoms with Gasteiger partial charge >= 0.3 is 5.97 Å². The number of carboxylic acid groups (broad SMARTS) is 1. The van der Waals surface area contributed by atoms with Gasteiger partial charge in [0, 0.05) is 44.3 Å². The van der Waals surface area contributed by atoms with E-state index in [9.17, 15) is 27.9 Å². The van der Waals surface area contributed by atoms with E-state index in [0.29, 0.717) is 0 Å². The normalized spacial score (nSPS) is 26.0. The minimum absolute atomic E-state index is 0.00540. The van der Waals surface area contributed by atoms with Crippen molar-refractivity contribution >= 4 is 22.8 Å². The van der Waals surface area contributed by atoms with Crippen molar-refractivity contribution in [1.29, 1.82) is 0 Å². The van der Waals surface area contributed by atoms with Crippen molar-refractivity contribution < 1.29 is 23.1 Å². The molecular weight excluding hydrogens is 389 g/mol. The fourth-order valence-corrected chi connectivity index (χ4v) is 4.46. The van der Waals surface area contributed by atoms with Crippen molar-refractivity contribution in [3.8, 4) is 0 Å². The summed E-state index contributed by atoms with van der Waals surface area (Å²) >= 11 is 0. The summed E-state index contributed by atoms with van der Waals surface area (Å²) in [6, 6.07) is 0.517. The lowest BCUT2D eigenvalue weighted by atomic mass is 9.90. The molecule has 1 saturated carbocycles. The number of aromatic nitrogens is 2. The van der Waals surface area contributed by atoms with E-state index in [-0.39, 0.29) is 48.9 Å². The molecule has 3 fully saturated rings. The zero-order valence-electron chi connectivity index (χ0n) is 15.4. The Kier molecular flexibility index (Phi) is 3.93. The predicted molar refractivity (Wildman–Crippen MR) is 98.2 cm³/mol. The van der Waals surface area contributed by atoms with E-state index in [0.717, 1.165) is 18.9 Å². The number of rotatable bonds is 3. The Morgan fingerprint density at radius 3 is 2.72 bits per heavy atom. The van der Waals surface area contributed by atoms with Gasteiger partial charge in [0.1, 0.15) is 11.2 Å². The van der Waals surface area contributed by atoms with Crippen molar-refractivity contribution in [2.45, 2.75) is 37.3 Å². The number of carboxylic acids is 1. The van der Waals surface area contributed by atoms with Crippen LogP contribution in [-0.2, 0) is 0 Å². The van der Waals surface area contributed by atoms with Gasteiger partial charge in [-0.15, -0.1) is 0 Å². The van der Waals surface area contributed by atoms with E-state index >= 15 is 0 Å². The standard InChI is InChI=1S/C19H19F3N4O3/c20-13-5-10-15(27)11(18(28)29)6-26(9-1-2-9)16(10)24-17(13)25-7-12-14(8-25)23-4-3-19(12,21)22/h5-6,9,12,14,23H,1-4,7-8H2,(H,28,29). The Hall–Kier alpha value is -2.62. The molecule has 4 heterocycles. The van der Waals surface area contributed by atoms with Gasteiger partial charge < -0.3 is 19.9 Å². The average Bonchev–Trinajstić information content (AvgIpc) is 3.40. The van der Waals surface area contributed by atoms with Crippen molar-refractivity contribution in [3.05, 3.63) is 33.9 Å². The van der Waals surface area contributed by atoms with E-state index < -0.39 is 40.7 Å². The van der Waals surface area contributed by atoms with E-state index in [4.69, 9.17) is 0 Å². The quantitative estimate of drug-likeness (QED) is 0.808. The van der Waals surface area contributed by atoms with E-state index in [1.54, 1.807) is 4.57 Å². The Morgan fingerprint density at radius 1 is 1.31 bits per heavy atom. The van der Waals surface area contributed by atoms with Gasteiger partial charge in [-0.1, -0.05) is 0 Å². The molecule has 7 nitrogen and oxygen atoms in total. The number of fused-ring (bicyclic) bond motifs is 2. The minimum Gasteiger partial charge on any atom is -0.477 e. The first-order valence-corrected chi connectivity index (χ1v) is 9.61. The SMILES string of the molecule is O=C(O)c1cn(C2CC2)c2nc(N3CC4NCCC(F)(F)C4C3)c(F)cc2c1=O. The molecule has 2 atom stereocenters. The highest BCUT2D eigenvalue weighted by atomic mass is 19.3. The summed E-state index contributed by atoms with van der Waals surface area (Å²) in [7, 11) is 0. The Labute approximate surface area is 163 Å². The first-order chi connectivity index (χ1) is 13.8. The molecule has 10 heteroatoms. The molecule has 2 saturated heterocycles. The molecule has 1 aliphatic carbocycles. The molecule has 5 rings (SSSR count). The largest absolute Gasteiger partial charge is 0.477 e. The lowest BCUT2D eigenvalue weighted by molar-refractivity contribution is -0.0811. The van der Waals surface area contributed by atoms with Crippen molar-refractivity contribution in [3.63, 3.8) is 0 Å². The zero-order chi connectivity index (χ0) is 20.5. The third kappa shape index (κ3) is 2.88. The highest BCUT2D eigenvalue weighted by molar-refractivity contribution is 5.92. The second-order valence-electron chi connectivity index (χ2n) is 8.06. The first-order valence-electron chi connectivity index (χ1n) is 9.61. The number of hydrogen-bond acceptors (Lipinski definition) is 5. The maximum Gasteiger partial charge on any atom is 0.341 e. The second-order valence-corrected chi connectivity index (χ2v) is 8.06. The molecule has 0 spiro atoms. The van der Waals surface area contributed by atoms with Gasteiger partial charge in [-0.2, -0.15) is 0 Å². The summed E-state index contributed by atoms with van der Waals surface area (Å²) in [5.41, 5.74) is -1.05. The maximum absolute atomic E-state index is 14.9. The van der Waals surface area contributed by atoms with Crippen LogP contribution in [0.15, 0.2) is 17.1 Å². The molecule has 0 aromatic carbocycles. The van der Waals surface area contributed by atoms with Crippen LogP contribution in [0.1, 0.15) is 35.7 Å². The van der Waals surface area contributed by atoms with E-state index in [1.807, 2.05) is 0 Å². The molecule has 2 N–H and O–H groups in total. The fourth-order valence-electron chi connectivity index (χ4n) is 4.46. The van der Waals surface area contributed by atoms with Crippen molar-refractivity contribution in [2.75, 3.05) is 24.5 Å². The molecular formula is C19H19F3N4O3. The predicted octanol–water partition coefficient (Wildman–Crippen LogP) is 2.00. The zero-order valence-corrected chi connectivity index (χ0v) is 15.4. The summed E-state index contributed by atoms with van der Waals surface area (Å²) < 4.78 is 45.0. The number of nitrogens with zero attached hydrogens (tertiary/aromatic N) is 3. The van der Waals surface area contributed by atoms with E-state index in [2.05, 4.69) is 10.3 Å². The molecule has 0 radical (unpaired) electrons. The Balaban J connectivity index is 1.62. The monoisotopic (exact) mass is 408 g/mol. The first kappa shape index (κ1) is 18.4. The molecule has 2 aliphatic heterocycles. The third-order valence-corrected chi connectivity index (χ3v) is 6.14. The maximum atomic E-state index is 14.9. The fraction of sp³-hybridized carbons (Fsp3) is 0.526. The number of hydrogen-bond donors (Lipinski definition) is 2. The second kappa shape index (κ2) is 6.19. The van der Waals surface area contributed by atoms with Gasteiger partial charge in [-0.05, 0) is 18.9 Å². The van der Waals surface area contributed by atoms with Crippen LogP contribution < -0.4 is 15.6 Å². The van der Waals surface area contributed by atoms with Crippen LogP contribution in [0.3, 0.4) is 0 Å². The number of piperidine rings is 1. The van der Waals surface area contributed by atoms with Gasteiger partial charge in [0.25, 0.3) is 5.92 Å². The van der Waals surface area contributed by atoms with Crippen LogP contribution in [0.5, 0.6) is 0 Å². The molecule has 3 aliphatic rings. The summed E-state index contributed by atoms with van der Waals surface area (Å²) in [4.78, 5) is 29.8. The summed E-state index contributed by atoms with van der Waals surface area (Å²) in [6.07, 6.45) is 2.60. The number of pyridine rings is 2. The number of alkyl halides is 2. The van der Waals surface area contributed by atoms with Crippen molar-refractivity contribution in [2.24, 2.45) is 5.92 Å². The Bertz CT molecular complexity index is 1080. The van der Waals surface area contributed by atoms with Crippen LogP contribution in [0, 0.1) is 11.7 Å². The van der Waals surface area contributed by atoms with Crippen LogP contribution in [0.25, 0.3) is 11.0 Å². The molecule has 0 bridgehead atoms. The number of nitrogens with one attached hydrogen (secondary N) is 1. The van der Waals surface area contributed by atoms with Gasteiger partial charge in [0.2, 0.25) is 5.43 Å². The molecule has 2 unspecified atom stereocenters. The lowest BCUT2D eigenvalue weighted by Gasteiger charge is -2.33. The van der Waals surface area contributed by atoms with Gasteiger partial charge in [-0.3, -0.25) is 4.79 Å². The highest BCUT2D eigenvalue weighted by Gasteiger charge is 2.51. The minimum atomic E-state index is -2.83. The third-order valence-electron chi connectivity index (χ3n) is 6.14. The highest BCUT2D eigenvalue weighted by Crippen LogP contribution is 2.40. The summed E-state index contributed by atoms with van der Waals surface area (Å²) in [6.45, 7) is 0.354. The number of anilines is 1. The van der Waals surface area contributed by atoms with Crippen LogP contribution in [0.2, 0.25) is 0 Å². The van der Waals surface area contributed by atoms with Gasteiger partial charge in [0.15, 0.2) is 11.6 Å². The summed E-state index contributed by atoms with van der Waals surface area (Å²) in [5, 5.41) is 12.3. The topological polar surface area (TPSA) is 87.5 Å². The number of aromatic carboxylic acids is 1. The van der Waals surface area contributed by atoms with Crippen molar-refractivity contribution in [1.82, 2.24) is 14.9 Å². The van der Waals surface area contributed by atoms with Gasteiger partial charge in [-0.25, -0.2) is 22.9 Å². The molecule has 154 valence electrons. The lowest BCUT2D eigenvalue weighted by Crippen LogP contribution is -2.51. The molecule has 0 amide bonds.